The highest BCUT2D eigenvalue weighted by atomic mass is 32.2. The van der Waals surface area contributed by atoms with Gasteiger partial charge >= 0.3 is 6.09 Å². The molecule has 2 aromatic rings. The van der Waals surface area contributed by atoms with Crippen molar-refractivity contribution in [3.8, 4) is 0 Å². The molecule has 1 fully saturated rings. The maximum absolute atomic E-state index is 11.5. The summed E-state index contributed by atoms with van der Waals surface area (Å²) in [5.74, 6) is 0.880. The molecule has 0 saturated heterocycles. The Balaban J connectivity index is 1.65. The fraction of sp³-hybridized carbons (Fsp3) is 0.474. The summed E-state index contributed by atoms with van der Waals surface area (Å²) in [7, 11) is -3.22. The molecule has 1 amide bonds. The molecule has 1 aliphatic carbocycles. The van der Waals surface area contributed by atoms with Gasteiger partial charge in [-0.05, 0) is 57.4 Å². The summed E-state index contributed by atoms with van der Waals surface area (Å²) < 4.78 is 23.1. The van der Waals surface area contributed by atoms with Crippen LogP contribution in [0, 0.1) is 0 Å². The summed E-state index contributed by atoms with van der Waals surface area (Å²) in [5, 5.41) is 19.9. The summed E-state index contributed by atoms with van der Waals surface area (Å²) in [6.45, 7) is 3.80. The van der Waals surface area contributed by atoms with Crippen molar-refractivity contribution in [2.45, 2.75) is 56.0 Å². The molecule has 3 N–H and O–H groups in total. The van der Waals surface area contributed by atoms with Crippen LogP contribution in [0.25, 0.3) is 0 Å². The van der Waals surface area contributed by atoms with E-state index in [0.29, 0.717) is 5.82 Å². The van der Waals surface area contributed by atoms with E-state index in [1.54, 1.807) is 29.2 Å². The van der Waals surface area contributed by atoms with Gasteiger partial charge in [-0.1, -0.05) is 0 Å². The van der Waals surface area contributed by atoms with E-state index in [-0.39, 0.29) is 22.9 Å². The van der Waals surface area contributed by atoms with E-state index in [0.717, 1.165) is 30.6 Å². The Morgan fingerprint density at radius 3 is 2.54 bits per heavy atom. The van der Waals surface area contributed by atoms with Crippen LogP contribution < -0.4 is 5.32 Å². The number of benzene rings is 1. The van der Waals surface area contributed by atoms with Crippen molar-refractivity contribution in [2.75, 3.05) is 11.6 Å². The van der Waals surface area contributed by atoms with Crippen LogP contribution in [0.1, 0.15) is 44.7 Å². The molecule has 3 rings (SSSR count). The summed E-state index contributed by atoms with van der Waals surface area (Å²) in [5.41, 5.74) is 1.72. The molecule has 1 aliphatic rings. The van der Waals surface area contributed by atoms with Gasteiger partial charge in [-0.3, -0.25) is 5.10 Å². The maximum Gasteiger partial charge on any atom is 0.407 e. The van der Waals surface area contributed by atoms with Gasteiger partial charge in [0, 0.05) is 41.7 Å². The van der Waals surface area contributed by atoms with Gasteiger partial charge in [0.25, 0.3) is 0 Å². The van der Waals surface area contributed by atoms with Gasteiger partial charge in [0.15, 0.2) is 15.7 Å². The van der Waals surface area contributed by atoms with Gasteiger partial charge in [-0.15, -0.1) is 0 Å². The van der Waals surface area contributed by atoms with Crippen LogP contribution in [0.5, 0.6) is 0 Å². The SMILES string of the molecule is CC(C)N(C(=O)O)[C@@H]1CC[C@H](c2cc(Nc3ccc(S(C)(=O)=O)cc3)n[nH]2)C1. The first kappa shape index (κ1) is 20.2. The average Bonchev–Trinajstić information content (AvgIpc) is 3.23. The number of sulfone groups is 1. The average molecular weight is 407 g/mol. The number of carbonyl (C=O) groups is 1. The van der Waals surface area contributed by atoms with Gasteiger partial charge in [0.1, 0.15) is 0 Å². The molecule has 152 valence electrons. The van der Waals surface area contributed by atoms with Crippen molar-refractivity contribution >= 4 is 27.4 Å². The van der Waals surface area contributed by atoms with Gasteiger partial charge in [0.05, 0.1) is 4.90 Å². The Kier molecular flexibility index (Phi) is 5.64. The van der Waals surface area contributed by atoms with Crippen molar-refractivity contribution in [1.29, 1.82) is 0 Å². The number of rotatable bonds is 6. The number of carboxylic acid groups (broad SMARTS) is 1. The predicted molar refractivity (Wildman–Crippen MR) is 107 cm³/mol. The first-order valence-corrected chi connectivity index (χ1v) is 11.2. The summed E-state index contributed by atoms with van der Waals surface area (Å²) >= 11 is 0. The van der Waals surface area contributed by atoms with Gasteiger partial charge in [-0.2, -0.15) is 5.10 Å². The summed E-state index contributed by atoms with van der Waals surface area (Å²) in [6, 6.07) is 8.41. The number of hydrogen-bond donors (Lipinski definition) is 3. The number of nitrogens with zero attached hydrogens (tertiary/aromatic N) is 2. The molecule has 1 saturated carbocycles. The first-order valence-electron chi connectivity index (χ1n) is 9.29. The minimum absolute atomic E-state index is 0.0192. The quantitative estimate of drug-likeness (QED) is 0.675. The third-order valence-corrected chi connectivity index (χ3v) is 6.30. The molecule has 0 radical (unpaired) electrons. The van der Waals surface area contributed by atoms with E-state index < -0.39 is 15.9 Å². The molecule has 2 atom stereocenters. The topological polar surface area (TPSA) is 115 Å². The van der Waals surface area contributed by atoms with Crippen molar-refractivity contribution in [3.63, 3.8) is 0 Å². The molecule has 9 heteroatoms. The lowest BCUT2D eigenvalue weighted by atomic mass is 10.0. The lowest BCUT2D eigenvalue weighted by Gasteiger charge is -2.30. The number of anilines is 2. The zero-order valence-corrected chi connectivity index (χ0v) is 17.0. The van der Waals surface area contributed by atoms with Crippen molar-refractivity contribution in [2.24, 2.45) is 0 Å². The number of aromatic amines is 1. The van der Waals surface area contributed by atoms with Crippen molar-refractivity contribution in [1.82, 2.24) is 15.1 Å². The molecular weight excluding hydrogens is 380 g/mol. The fourth-order valence-corrected chi connectivity index (χ4v) is 4.47. The zero-order valence-electron chi connectivity index (χ0n) is 16.2. The third kappa shape index (κ3) is 4.46. The third-order valence-electron chi connectivity index (χ3n) is 5.17. The minimum atomic E-state index is -3.22. The first-order chi connectivity index (χ1) is 13.1. The van der Waals surface area contributed by atoms with E-state index in [9.17, 15) is 18.3 Å². The molecule has 1 aromatic heterocycles. The predicted octanol–water partition coefficient (Wildman–Crippen LogP) is 3.58. The highest BCUT2D eigenvalue weighted by Crippen LogP contribution is 2.37. The van der Waals surface area contributed by atoms with Crippen LogP contribution in [0.15, 0.2) is 35.2 Å². The number of H-pyrrole nitrogens is 1. The van der Waals surface area contributed by atoms with Crippen LogP contribution in [-0.4, -0.2) is 53.1 Å². The van der Waals surface area contributed by atoms with Gasteiger partial charge in [0.2, 0.25) is 0 Å². The molecule has 1 aromatic carbocycles. The smallest absolute Gasteiger partial charge is 0.407 e. The largest absolute Gasteiger partial charge is 0.465 e. The Hall–Kier alpha value is -2.55. The molecule has 28 heavy (non-hydrogen) atoms. The van der Waals surface area contributed by atoms with E-state index in [1.807, 2.05) is 19.9 Å². The van der Waals surface area contributed by atoms with E-state index in [4.69, 9.17) is 0 Å². The Labute approximate surface area is 164 Å². The van der Waals surface area contributed by atoms with Crippen LogP contribution in [0.2, 0.25) is 0 Å². The molecule has 0 aliphatic heterocycles. The lowest BCUT2D eigenvalue weighted by molar-refractivity contribution is 0.108. The Bertz CT molecular complexity index is 937. The maximum atomic E-state index is 11.5. The van der Waals surface area contributed by atoms with Crippen LogP contribution in [-0.2, 0) is 9.84 Å². The molecule has 0 spiro atoms. The second-order valence-corrected chi connectivity index (χ2v) is 9.59. The fourth-order valence-electron chi connectivity index (χ4n) is 3.83. The second kappa shape index (κ2) is 7.83. The second-order valence-electron chi connectivity index (χ2n) is 7.58. The normalized spacial score (nSPS) is 19.7. The van der Waals surface area contributed by atoms with Crippen LogP contribution in [0.3, 0.4) is 0 Å². The number of amides is 1. The Morgan fingerprint density at radius 2 is 1.96 bits per heavy atom. The standard InChI is InChI=1S/C19H26N4O4S/c1-12(2)23(19(24)25)15-7-4-13(10-15)17-11-18(22-21-17)20-14-5-8-16(9-6-14)28(3,26)27/h5-6,8-9,11-13,15H,4,7,10H2,1-3H3,(H,24,25)(H2,20,21,22)/t13-,15+/m0/s1. The van der Waals surface area contributed by atoms with Gasteiger partial charge < -0.3 is 15.3 Å². The Morgan fingerprint density at radius 1 is 1.29 bits per heavy atom. The summed E-state index contributed by atoms with van der Waals surface area (Å²) in [4.78, 5) is 13.3. The van der Waals surface area contributed by atoms with E-state index >= 15 is 0 Å². The molecule has 0 bridgehead atoms. The number of nitrogens with one attached hydrogen (secondary N) is 2. The molecule has 8 nitrogen and oxygen atoms in total. The van der Waals surface area contributed by atoms with Crippen LogP contribution in [0.4, 0.5) is 16.3 Å². The van der Waals surface area contributed by atoms with E-state index in [1.165, 1.54) is 6.26 Å². The highest BCUT2D eigenvalue weighted by molar-refractivity contribution is 7.90. The monoisotopic (exact) mass is 406 g/mol. The van der Waals surface area contributed by atoms with Crippen LogP contribution >= 0.6 is 0 Å². The number of hydrogen-bond acceptors (Lipinski definition) is 5. The minimum Gasteiger partial charge on any atom is -0.465 e. The van der Waals surface area contributed by atoms with Crippen molar-refractivity contribution in [3.05, 3.63) is 36.0 Å². The number of aromatic nitrogens is 2. The lowest BCUT2D eigenvalue weighted by Crippen LogP contribution is -2.42. The van der Waals surface area contributed by atoms with Gasteiger partial charge in [-0.25, -0.2) is 13.2 Å². The van der Waals surface area contributed by atoms with Crippen molar-refractivity contribution < 1.29 is 18.3 Å². The molecular formula is C19H26N4O4S. The molecule has 1 heterocycles. The highest BCUT2D eigenvalue weighted by Gasteiger charge is 2.34. The van der Waals surface area contributed by atoms with E-state index in [2.05, 4.69) is 15.5 Å². The zero-order chi connectivity index (χ0) is 20.5. The molecule has 0 unspecified atom stereocenters. The summed E-state index contributed by atoms with van der Waals surface area (Å²) in [6.07, 6.45) is 2.82.